The summed E-state index contributed by atoms with van der Waals surface area (Å²) in [7, 11) is 0. The second-order valence-electron chi connectivity index (χ2n) is 12.9. The van der Waals surface area contributed by atoms with E-state index in [0.29, 0.717) is 18.6 Å². The van der Waals surface area contributed by atoms with Crippen LogP contribution in [0, 0.1) is 5.92 Å². The summed E-state index contributed by atoms with van der Waals surface area (Å²) in [6.07, 6.45) is -0.374. The minimum absolute atomic E-state index is 0.00903. The first-order chi connectivity index (χ1) is 22.5. The number of aliphatic carboxylic acids is 1. The molecule has 0 spiro atoms. The highest BCUT2D eigenvalue weighted by Gasteiger charge is 2.39. The summed E-state index contributed by atoms with van der Waals surface area (Å²) >= 11 is 1.33. The SMILES string of the molecule is CC(C)C[C@H](NC(=O)CNC(=O)OC(C)(C)C)C(=O)N1CCC[C@H]1C(=O)N[C@@H](CSCc1ccccc1)C(=O)N[C@@H](CC(N)=O)C(=O)O. The van der Waals surface area contributed by atoms with Gasteiger partial charge in [-0.15, -0.1) is 0 Å². The monoisotopic (exact) mass is 692 g/mol. The number of amides is 6. The lowest BCUT2D eigenvalue weighted by Gasteiger charge is -2.30. The van der Waals surface area contributed by atoms with Crippen LogP contribution in [0.2, 0.25) is 0 Å². The molecule has 1 aliphatic heterocycles. The molecule has 1 aromatic carbocycles. The zero-order valence-corrected chi connectivity index (χ0v) is 28.9. The first kappa shape index (κ1) is 39.8. The van der Waals surface area contributed by atoms with E-state index in [1.807, 2.05) is 44.2 Å². The van der Waals surface area contributed by atoms with Crippen LogP contribution < -0.4 is 27.0 Å². The van der Waals surface area contributed by atoms with Crippen molar-refractivity contribution in [2.24, 2.45) is 11.7 Å². The normalized spacial score (nSPS) is 16.3. The molecule has 6 amide bonds. The molecule has 0 aliphatic carbocycles. The van der Waals surface area contributed by atoms with Crippen molar-refractivity contribution in [3.05, 3.63) is 35.9 Å². The van der Waals surface area contributed by atoms with Gasteiger partial charge in [-0.1, -0.05) is 44.2 Å². The van der Waals surface area contributed by atoms with Crippen LogP contribution in [0.5, 0.6) is 0 Å². The van der Waals surface area contributed by atoms with Gasteiger partial charge in [-0.3, -0.25) is 24.0 Å². The highest BCUT2D eigenvalue weighted by atomic mass is 32.2. The molecule has 1 heterocycles. The Morgan fingerprint density at radius 3 is 2.25 bits per heavy atom. The van der Waals surface area contributed by atoms with Crippen LogP contribution in [0.15, 0.2) is 30.3 Å². The molecule has 1 aromatic rings. The predicted molar refractivity (Wildman–Crippen MR) is 178 cm³/mol. The van der Waals surface area contributed by atoms with E-state index in [4.69, 9.17) is 10.5 Å². The van der Waals surface area contributed by atoms with Crippen molar-refractivity contribution >= 4 is 53.4 Å². The Balaban J connectivity index is 2.17. The van der Waals surface area contributed by atoms with Crippen molar-refractivity contribution in [3.63, 3.8) is 0 Å². The molecule has 266 valence electrons. The number of rotatable bonds is 17. The summed E-state index contributed by atoms with van der Waals surface area (Å²) in [6, 6.07) is 4.64. The Morgan fingerprint density at radius 2 is 1.67 bits per heavy atom. The lowest BCUT2D eigenvalue weighted by Crippen LogP contribution is -2.58. The van der Waals surface area contributed by atoms with Gasteiger partial charge in [0.25, 0.3) is 0 Å². The van der Waals surface area contributed by atoms with E-state index in [1.165, 1.54) is 16.7 Å². The van der Waals surface area contributed by atoms with Crippen LogP contribution in [0.25, 0.3) is 0 Å². The number of carboxylic acid groups (broad SMARTS) is 1. The average Bonchev–Trinajstić information content (AvgIpc) is 3.48. The zero-order valence-electron chi connectivity index (χ0n) is 28.1. The zero-order chi connectivity index (χ0) is 36.0. The van der Waals surface area contributed by atoms with E-state index >= 15 is 0 Å². The third-order valence-electron chi connectivity index (χ3n) is 7.02. The molecule has 48 heavy (non-hydrogen) atoms. The van der Waals surface area contributed by atoms with Gasteiger partial charge in [0.1, 0.15) is 36.3 Å². The number of thioether (sulfide) groups is 1. The van der Waals surface area contributed by atoms with E-state index < -0.39 is 84.3 Å². The molecule has 4 atom stereocenters. The number of nitrogens with one attached hydrogen (secondary N) is 4. The quantitative estimate of drug-likeness (QED) is 0.135. The van der Waals surface area contributed by atoms with Crippen LogP contribution in [-0.4, -0.2) is 100 Å². The molecule has 0 aromatic heterocycles. The van der Waals surface area contributed by atoms with E-state index in [9.17, 15) is 38.7 Å². The Bertz CT molecular complexity index is 1300. The first-order valence-corrected chi connectivity index (χ1v) is 16.9. The third kappa shape index (κ3) is 14.2. The van der Waals surface area contributed by atoms with Gasteiger partial charge in [0.15, 0.2) is 0 Å². The molecule has 0 unspecified atom stereocenters. The van der Waals surface area contributed by atoms with Crippen molar-refractivity contribution in [3.8, 4) is 0 Å². The molecule has 2 rings (SSSR count). The lowest BCUT2D eigenvalue weighted by molar-refractivity contribution is -0.144. The molecule has 1 fully saturated rings. The second kappa shape index (κ2) is 18.9. The summed E-state index contributed by atoms with van der Waals surface area (Å²) in [4.78, 5) is 89.8. The number of hydrogen-bond acceptors (Lipinski definition) is 9. The van der Waals surface area contributed by atoms with Gasteiger partial charge in [0.2, 0.25) is 29.5 Å². The number of alkyl carbamates (subject to hydrolysis) is 1. The number of carboxylic acids is 1. The van der Waals surface area contributed by atoms with E-state index in [-0.39, 0.29) is 24.6 Å². The van der Waals surface area contributed by atoms with Crippen molar-refractivity contribution in [2.75, 3.05) is 18.8 Å². The number of benzene rings is 1. The number of likely N-dealkylation sites (tertiary alicyclic amines) is 1. The Morgan fingerprint density at radius 1 is 1.00 bits per heavy atom. The third-order valence-corrected chi connectivity index (χ3v) is 8.13. The van der Waals surface area contributed by atoms with Crippen LogP contribution >= 0.6 is 11.8 Å². The number of ether oxygens (including phenoxy) is 1. The van der Waals surface area contributed by atoms with Crippen molar-refractivity contribution in [1.82, 2.24) is 26.2 Å². The number of carbonyl (C=O) groups excluding carboxylic acids is 6. The average molecular weight is 693 g/mol. The minimum Gasteiger partial charge on any atom is -0.480 e. The number of hydrogen-bond donors (Lipinski definition) is 6. The van der Waals surface area contributed by atoms with E-state index in [2.05, 4.69) is 21.3 Å². The smallest absolute Gasteiger partial charge is 0.408 e. The molecule has 16 heteroatoms. The number of nitrogens with zero attached hydrogens (tertiary/aromatic N) is 1. The Labute approximate surface area is 284 Å². The maximum absolute atomic E-state index is 13.8. The summed E-state index contributed by atoms with van der Waals surface area (Å²) < 4.78 is 5.14. The largest absolute Gasteiger partial charge is 0.480 e. The van der Waals surface area contributed by atoms with Gasteiger partial charge >= 0.3 is 12.1 Å². The second-order valence-corrected chi connectivity index (χ2v) is 14.0. The van der Waals surface area contributed by atoms with Crippen LogP contribution in [0.3, 0.4) is 0 Å². The molecule has 15 nitrogen and oxygen atoms in total. The molecule has 0 radical (unpaired) electrons. The van der Waals surface area contributed by atoms with Crippen molar-refractivity contribution in [2.45, 2.75) is 95.8 Å². The summed E-state index contributed by atoms with van der Waals surface area (Å²) in [5.41, 5.74) is 5.37. The summed E-state index contributed by atoms with van der Waals surface area (Å²) in [5, 5.41) is 19.5. The van der Waals surface area contributed by atoms with Gasteiger partial charge < -0.3 is 41.7 Å². The highest BCUT2D eigenvalue weighted by Crippen LogP contribution is 2.21. The summed E-state index contributed by atoms with van der Waals surface area (Å²) in [5.74, 6) is -4.38. The van der Waals surface area contributed by atoms with Gasteiger partial charge in [-0.2, -0.15) is 11.8 Å². The van der Waals surface area contributed by atoms with Gasteiger partial charge in [-0.05, 0) is 51.5 Å². The predicted octanol–water partition coefficient (Wildman–Crippen LogP) is 0.896. The van der Waals surface area contributed by atoms with Gasteiger partial charge in [-0.25, -0.2) is 9.59 Å². The maximum atomic E-state index is 13.8. The standard InChI is InChI=1S/C32H48N6O9S/c1-19(2)14-21(35-26(40)16-34-31(46)47-32(3,4)5)29(43)38-13-9-12-24(38)28(42)37-23(18-48-17-20-10-7-6-8-11-20)27(41)36-22(30(44)45)15-25(33)39/h6-8,10-11,19,21-24H,9,12-18H2,1-5H3,(H2,33,39)(H,34,46)(H,35,40)(H,36,41)(H,37,42)(H,44,45)/t21-,22-,23-,24-/m0/s1. The Hall–Kier alpha value is -4.34. The fourth-order valence-electron chi connectivity index (χ4n) is 4.90. The molecule has 0 saturated carbocycles. The lowest BCUT2D eigenvalue weighted by atomic mass is 10.0. The highest BCUT2D eigenvalue weighted by molar-refractivity contribution is 7.98. The minimum atomic E-state index is -1.59. The number of nitrogens with two attached hydrogens (primary N) is 1. The van der Waals surface area contributed by atoms with Gasteiger partial charge in [0, 0.05) is 18.1 Å². The Kier molecular flexibility index (Phi) is 15.7. The van der Waals surface area contributed by atoms with Crippen LogP contribution in [0.4, 0.5) is 4.79 Å². The molecular formula is C32H48N6O9S. The first-order valence-electron chi connectivity index (χ1n) is 15.8. The van der Waals surface area contributed by atoms with E-state index in [0.717, 1.165) is 5.56 Å². The molecule has 1 aliphatic rings. The number of carbonyl (C=O) groups is 7. The summed E-state index contributed by atoms with van der Waals surface area (Å²) in [6.45, 7) is 8.60. The molecule has 0 bridgehead atoms. The molecular weight excluding hydrogens is 644 g/mol. The van der Waals surface area contributed by atoms with Crippen LogP contribution in [0.1, 0.15) is 65.9 Å². The van der Waals surface area contributed by atoms with E-state index in [1.54, 1.807) is 20.8 Å². The van der Waals surface area contributed by atoms with Crippen molar-refractivity contribution < 1.29 is 43.4 Å². The van der Waals surface area contributed by atoms with Gasteiger partial charge in [0.05, 0.1) is 6.42 Å². The fourth-order valence-corrected chi connectivity index (χ4v) is 5.92. The maximum Gasteiger partial charge on any atom is 0.408 e. The van der Waals surface area contributed by atoms with Crippen molar-refractivity contribution in [1.29, 1.82) is 0 Å². The van der Waals surface area contributed by atoms with Crippen LogP contribution in [-0.2, 0) is 39.3 Å². The molecule has 1 saturated heterocycles. The fraction of sp³-hybridized carbons (Fsp3) is 0.594. The number of primary amides is 1. The molecule has 7 N–H and O–H groups in total. The topological polar surface area (TPSA) is 226 Å².